The molecule has 12 nitrogen and oxygen atoms in total. The van der Waals surface area contributed by atoms with Crippen molar-refractivity contribution in [1.82, 2.24) is 5.32 Å². The summed E-state index contributed by atoms with van der Waals surface area (Å²) in [6.45, 7) is 5.53. The van der Waals surface area contributed by atoms with E-state index in [-0.39, 0.29) is 41.8 Å². The van der Waals surface area contributed by atoms with E-state index in [0.29, 0.717) is 25.5 Å². The van der Waals surface area contributed by atoms with Crippen LogP contribution in [0.15, 0.2) is 60.2 Å². The predicted molar refractivity (Wildman–Crippen MR) is 162 cm³/mol. The zero-order chi connectivity index (χ0) is 30.6. The van der Waals surface area contributed by atoms with E-state index in [9.17, 15) is 29.3 Å². The van der Waals surface area contributed by atoms with Gasteiger partial charge in [-0.2, -0.15) is 0 Å². The number of nitro benzene ring substituents is 1. The summed E-state index contributed by atoms with van der Waals surface area (Å²) in [5, 5.41) is 16.1. The standard InChI is InChI=1S/C29H25IN4O8/c1-4-41-24-13-18(12-22(30)26(24)42-15-25(35)31-23-10-16(2)8-9-17(23)3)11-21-27(36)32-29(38)33(28(21)37)19-6-5-7-20(14-19)34(39)40/h5-14H,4,15H2,1-3H3,(H,31,35)(H,32,36,38)/b21-11-. The van der Waals surface area contributed by atoms with Gasteiger partial charge < -0.3 is 14.8 Å². The van der Waals surface area contributed by atoms with Crippen LogP contribution in [0.3, 0.4) is 0 Å². The normalized spacial score (nSPS) is 14.0. The number of aryl methyl sites for hydroxylation is 2. The number of rotatable bonds is 9. The Morgan fingerprint density at radius 2 is 1.86 bits per heavy atom. The number of ether oxygens (including phenoxy) is 2. The first-order valence-corrected chi connectivity index (χ1v) is 13.7. The van der Waals surface area contributed by atoms with E-state index >= 15 is 0 Å². The maximum absolute atomic E-state index is 13.3. The molecule has 42 heavy (non-hydrogen) atoms. The molecular weight excluding hydrogens is 659 g/mol. The number of hydrogen-bond donors (Lipinski definition) is 2. The Morgan fingerprint density at radius 1 is 1.10 bits per heavy atom. The van der Waals surface area contributed by atoms with E-state index in [4.69, 9.17) is 9.47 Å². The predicted octanol–water partition coefficient (Wildman–Crippen LogP) is 4.90. The molecule has 3 aromatic carbocycles. The minimum Gasteiger partial charge on any atom is -0.490 e. The smallest absolute Gasteiger partial charge is 0.335 e. The molecule has 0 unspecified atom stereocenters. The van der Waals surface area contributed by atoms with Crippen molar-refractivity contribution in [1.29, 1.82) is 0 Å². The number of carbonyl (C=O) groups excluding carboxylic acids is 4. The maximum atomic E-state index is 13.3. The van der Waals surface area contributed by atoms with Crippen LogP contribution in [-0.2, 0) is 14.4 Å². The van der Waals surface area contributed by atoms with Crippen molar-refractivity contribution in [3.63, 3.8) is 0 Å². The monoisotopic (exact) mass is 684 g/mol. The number of benzene rings is 3. The third-order valence-corrected chi connectivity index (χ3v) is 6.86. The summed E-state index contributed by atoms with van der Waals surface area (Å²) in [6, 6.07) is 12.8. The number of anilines is 2. The highest BCUT2D eigenvalue weighted by molar-refractivity contribution is 14.1. The lowest BCUT2D eigenvalue weighted by atomic mass is 10.1. The lowest BCUT2D eigenvalue weighted by Crippen LogP contribution is -2.54. The summed E-state index contributed by atoms with van der Waals surface area (Å²) in [4.78, 5) is 62.2. The molecule has 0 aliphatic carbocycles. The lowest BCUT2D eigenvalue weighted by Gasteiger charge is -2.26. The fourth-order valence-electron chi connectivity index (χ4n) is 4.07. The van der Waals surface area contributed by atoms with Crippen molar-refractivity contribution in [3.05, 3.63) is 90.5 Å². The Labute approximate surface area is 254 Å². The van der Waals surface area contributed by atoms with Crippen LogP contribution in [0.4, 0.5) is 21.9 Å². The largest absolute Gasteiger partial charge is 0.490 e. The van der Waals surface area contributed by atoms with Gasteiger partial charge in [-0.3, -0.25) is 29.8 Å². The first kappa shape index (κ1) is 30.2. The number of amides is 5. The highest BCUT2D eigenvalue weighted by Crippen LogP contribution is 2.35. The van der Waals surface area contributed by atoms with E-state index in [1.807, 2.05) is 54.6 Å². The van der Waals surface area contributed by atoms with Gasteiger partial charge in [-0.1, -0.05) is 18.2 Å². The van der Waals surface area contributed by atoms with E-state index < -0.39 is 22.8 Å². The van der Waals surface area contributed by atoms with Crippen LogP contribution in [-0.4, -0.2) is 41.9 Å². The SMILES string of the molecule is CCOc1cc(/C=C2/C(=O)NC(=O)N(c3cccc([N+](=O)[O-])c3)C2=O)cc(I)c1OCC(=O)Nc1cc(C)ccc1C. The van der Waals surface area contributed by atoms with Crippen molar-refractivity contribution in [2.75, 3.05) is 23.4 Å². The zero-order valence-corrected chi connectivity index (χ0v) is 24.9. The Kier molecular flexibility index (Phi) is 9.20. The Bertz CT molecular complexity index is 1650. The molecule has 0 aromatic heterocycles. The average Bonchev–Trinajstić information content (AvgIpc) is 2.93. The van der Waals surface area contributed by atoms with Crippen LogP contribution >= 0.6 is 22.6 Å². The van der Waals surface area contributed by atoms with Gasteiger partial charge in [-0.15, -0.1) is 0 Å². The van der Waals surface area contributed by atoms with Gasteiger partial charge in [0.1, 0.15) is 5.57 Å². The van der Waals surface area contributed by atoms with Crippen LogP contribution in [0, 0.1) is 27.5 Å². The van der Waals surface area contributed by atoms with Crippen LogP contribution in [0.1, 0.15) is 23.6 Å². The number of nitro groups is 1. The molecule has 0 radical (unpaired) electrons. The maximum Gasteiger partial charge on any atom is 0.335 e. The van der Waals surface area contributed by atoms with Gasteiger partial charge in [-0.05, 0) is 90.4 Å². The second-order valence-corrected chi connectivity index (χ2v) is 10.3. The number of barbiturate groups is 1. The number of imide groups is 2. The molecule has 2 N–H and O–H groups in total. The molecule has 1 aliphatic heterocycles. The van der Waals surface area contributed by atoms with Gasteiger partial charge in [0.2, 0.25) is 0 Å². The zero-order valence-electron chi connectivity index (χ0n) is 22.7. The summed E-state index contributed by atoms with van der Waals surface area (Å²) in [5.41, 5.74) is 2.18. The summed E-state index contributed by atoms with van der Waals surface area (Å²) in [5.74, 6) is -1.69. The number of urea groups is 1. The first-order chi connectivity index (χ1) is 20.0. The quantitative estimate of drug-likeness (QED) is 0.106. The molecule has 0 saturated carbocycles. The van der Waals surface area contributed by atoms with Gasteiger partial charge in [0.05, 0.1) is 20.8 Å². The van der Waals surface area contributed by atoms with E-state index in [0.717, 1.165) is 17.2 Å². The van der Waals surface area contributed by atoms with Crippen LogP contribution in [0.5, 0.6) is 11.5 Å². The first-order valence-electron chi connectivity index (χ1n) is 12.6. The molecule has 1 heterocycles. The van der Waals surface area contributed by atoms with Gasteiger partial charge in [0, 0.05) is 17.8 Å². The van der Waals surface area contributed by atoms with E-state index in [1.54, 1.807) is 13.0 Å². The second-order valence-electron chi connectivity index (χ2n) is 9.15. The summed E-state index contributed by atoms with van der Waals surface area (Å²) < 4.78 is 12.1. The lowest BCUT2D eigenvalue weighted by molar-refractivity contribution is -0.384. The molecule has 216 valence electrons. The molecule has 0 bridgehead atoms. The van der Waals surface area contributed by atoms with E-state index in [2.05, 4.69) is 10.6 Å². The molecule has 1 fully saturated rings. The van der Waals surface area contributed by atoms with Crippen molar-refractivity contribution in [3.8, 4) is 11.5 Å². The highest BCUT2D eigenvalue weighted by atomic mass is 127. The topological polar surface area (TPSA) is 157 Å². The molecule has 13 heteroatoms. The molecule has 0 atom stereocenters. The summed E-state index contributed by atoms with van der Waals surface area (Å²) >= 11 is 1.98. The van der Waals surface area contributed by atoms with Crippen molar-refractivity contribution < 1.29 is 33.6 Å². The minimum atomic E-state index is -1.03. The van der Waals surface area contributed by atoms with Gasteiger partial charge in [0.25, 0.3) is 23.4 Å². The second kappa shape index (κ2) is 12.8. The average molecular weight is 684 g/mol. The molecule has 1 aliphatic rings. The van der Waals surface area contributed by atoms with E-state index in [1.165, 1.54) is 30.3 Å². The number of nitrogens with zero attached hydrogens (tertiary/aromatic N) is 2. The van der Waals surface area contributed by atoms with Gasteiger partial charge in [-0.25, -0.2) is 9.69 Å². The van der Waals surface area contributed by atoms with Crippen LogP contribution in [0.25, 0.3) is 6.08 Å². The fraction of sp³-hybridized carbons (Fsp3) is 0.172. The number of nitrogens with one attached hydrogen (secondary N) is 2. The molecule has 0 spiro atoms. The van der Waals surface area contributed by atoms with Crippen molar-refractivity contribution >= 4 is 69.5 Å². The summed E-state index contributed by atoms with van der Waals surface area (Å²) in [7, 11) is 0. The third kappa shape index (κ3) is 6.74. The Balaban J connectivity index is 1.60. The van der Waals surface area contributed by atoms with Gasteiger partial charge in [0.15, 0.2) is 18.1 Å². The van der Waals surface area contributed by atoms with Crippen LogP contribution in [0.2, 0.25) is 0 Å². The highest BCUT2D eigenvalue weighted by Gasteiger charge is 2.37. The number of non-ortho nitro benzene ring substituents is 1. The van der Waals surface area contributed by atoms with Crippen molar-refractivity contribution in [2.45, 2.75) is 20.8 Å². The molecule has 3 aromatic rings. The number of halogens is 1. The fourth-order valence-corrected chi connectivity index (χ4v) is 4.85. The summed E-state index contributed by atoms with van der Waals surface area (Å²) in [6.07, 6.45) is 1.27. The Morgan fingerprint density at radius 3 is 2.57 bits per heavy atom. The molecule has 1 saturated heterocycles. The molecule has 5 amide bonds. The van der Waals surface area contributed by atoms with Crippen molar-refractivity contribution in [2.24, 2.45) is 0 Å². The Hall–Kier alpha value is -4.79. The number of carbonyl (C=O) groups is 4. The van der Waals surface area contributed by atoms with Crippen LogP contribution < -0.4 is 25.0 Å². The molecular formula is C29H25IN4O8. The third-order valence-electron chi connectivity index (χ3n) is 6.06. The minimum absolute atomic E-state index is 0.0717. The van der Waals surface area contributed by atoms with Gasteiger partial charge >= 0.3 is 6.03 Å². The number of hydrogen-bond acceptors (Lipinski definition) is 8. The molecule has 4 rings (SSSR count).